The molecule has 6 rings (SSSR count). The molecule has 1 fully saturated rings. The number of ether oxygens (including phenoxy) is 2. The van der Waals surface area contributed by atoms with Gasteiger partial charge in [-0.15, -0.1) is 0 Å². The van der Waals surface area contributed by atoms with E-state index < -0.39 is 6.16 Å². The van der Waals surface area contributed by atoms with Gasteiger partial charge in [0.2, 0.25) is 5.88 Å². The van der Waals surface area contributed by atoms with Crippen molar-refractivity contribution >= 4 is 45.9 Å². The van der Waals surface area contributed by atoms with Crippen molar-refractivity contribution in [2.24, 2.45) is 0 Å². The first-order valence-corrected chi connectivity index (χ1v) is 15.3. The average molecular weight is 589 g/mol. The maximum absolute atomic E-state index is 12.9. The number of aromatic amines is 1. The van der Waals surface area contributed by atoms with Gasteiger partial charge in [0, 0.05) is 27.9 Å². The molecule has 1 aliphatic carbocycles. The lowest BCUT2D eigenvalue weighted by Gasteiger charge is -2.22. The van der Waals surface area contributed by atoms with E-state index >= 15 is 0 Å². The first kappa shape index (κ1) is 29.1. The molecule has 1 aromatic heterocycles. The van der Waals surface area contributed by atoms with Crippen LogP contribution in [-0.2, 0) is 6.42 Å². The fourth-order valence-corrected chi connectivity index (χ4v) is 6.07. The second-order valence-electron chi connectivity index (χ2n) is 11.3. The molecule has 1 saturated carbocycles. The van der Waals surface area contributed by atoms with Crippen LogP contribution in [0.1, 0.15) is 65.6 Å². The number of carbonyl (C=O) groups excluding carboxylic acids is 1. The number of para-hydroxylation sites is 1. The van der Waals surface area contributed by atoms with Gasteiger partial charge >= 0.3 is 6.16 Å². The summed E-state index contributed by atoms with van der Waals surface area (Å²) in [7, 11) is 0. The van der Waals surface area contributed by atoms with Gasteiger partial charge in [-0.25, -0.2) is 4.79 Å². The molecule has 7 nitrogen and oxygen atoms in total. The highest BCUT2D eigenvalue weighted by molar-refractivity contribution is 5.97. The van der Waals surface area contributed by atoms with Crippen LogP contribution >= 0.6 is 0 Å². The maximum atomic E-state index is 12.9. The standard InChI is InChI=1S/C37H36N2O5/c40-35(38-29-15-2-1-3-16-29)28-14-6-10-25(24-28)21-22-27-13-7-18-31-32(36(39-34(27)31)44-37(41)42)19-9-23-43-33-20-8-12-26-11-4-5-17-30(26)33/h4-8,10-14,17-18,20-22,24,29,39H,1-3,9,15-16,19,23H2,(H,38,40)(H,41,42)/b22-21+. The monoisotopic (exact) mass is 588 g/mol. The Hall–Kier alpha value is -5.04. The Morgan fingerprint density at radius 3 is 2.52 bits per heavy atom. The number of hydrogen-bond donors (Lipinski definition) is 3. The minimum Gasteiger partial charge on any atom is -0.493 e. The van der Waals surface area contributed by atoms with Crippen LogP contribution < -0.4 is 14.8 Å². The number of aryl methyl sites for hydroxylation is 1. The molecular formula is C37H36N2O5. The van der Waals surface area contributed by atoms with E-state index in [9.17, 15) is 14.7 Å². The van der Waals surface area contributed by atoms with Crippen molar-refractivity contribution in [3.8, 4) is 11.6 Å². The summed E-state index contributed by atoms with van der Waals surface area (Å²) < 4.78 is 11.3. The number of fused-ring (bicyclic) bond motifs is 2. The number of carboxylic acid groups (broad SMARTS) is 1. The van der Waals surface area contributed by atoms with E-state index in [1.165, 1.54) is 6.42 Å². The minimum atomic E-state index is -1.37. The number of H-pyrrole nitrogens is 1. The second kappa shape index (κ2) is 13.5. The Balaban J connectivity index is 1.18. The molecule has 0 saturated heterocycles. The van der Waals surface area contributed by atoms with Crippen LogP contribution in [0.4, 0.5) is 4.79 Å². The van der Waals surface area contributed by atoms with E-state index in [2.05, 4.69) is 22.4 Å². The summed E-state index contributed by atoms with van der Waals surface area (Å²) in [5.74, 6) is 1.01. The predicted octanol–water partition coefficient (Wildman–Crippen LogP) is 8.62. The van der Waals surface area contributed by atoms with Crippen molar-refractivity contribution in [2.45, 2.75) is 51.0 Å². The van der Waals surface area contributed by atoms with Crippen LogP contribution in [0.2, 0.25) is 0 Å². The molecule has 224 valence electrons. The van der Waals surface area contributed by atoms with Gasteiger partial charge in [-0.1, -0.05) is 98.1 Å². The number of amides is 1. The van der Waals surface area contributed by atoms with Crippen LogP contribution in [0.15, 0.2) is 84.9 Å². The smallest absolute Gasteiger partial charge is 0.493 e. The number of rotatable bonds is 10. The number of carbonyl (C=O) groups is 2. The second-order valence-corrected chi connectivity index (χ2v) is 11.3. The number of hydrogen-bond acceptors (Lipinski definition) is 4. The third-order valence-corrected chi connectivity index (χ3v) is 8.25. The molecule has 0 aliphatic heterocycles. The van der Waals surface area contributed by atoms with Crippen molar-refractivity contribution in [2.75, 3.05) is 6.61 Å². The molecule has 5 aromatic rings. The van der Waals surface area contributed by atoms with Crippen molar-refractivity contribution in [3.63, 3.8) is 0 Å². The van der Waals surface area contributed by atoms with Crippen molar-refractivity contribution in [1.29, 1.82) is 0 Å². The summed E-state index contributed by atoms with van der Waals surface area (Å²) in [5, 5.41) is 15.7. The highest BCUT2D eigenvalue weighted by atomic mass is 16.7. The van der Waals surface area contributed by atoms with Crippen molar-refractivity contribution in [1.82, 2.24) is 10.3 Å². The molecular weight excluding hydrogens is 552 g/mol. The Bertz CT molecular complexity index is 1810. The first-order chi connectivity index (χ1) is 21.5. The Morgan fingerprint density at radius 1 is 0.886 bits per heavy atom. The fraction of sp³-hybridized carbons (Fsp3) is 0.243. The number of aromatic nitrogens is 1. The zero-order chi connectivity index (χ0) is 30.3. The van der Waals surface area contributed by atoms with Gasteiger partial charge in [-0.05, 0) is 60.4 Å². The zero-order valence-electron chi connectivity index (χ0n) is 24.6. The molecule has 4 aromatic carbocycles. The third kappa shape index (κ3) is 6.78. The molecule has 0 spiro atoms. The molecule has 1 amide bonds. The van der Waals surface area contributed by atoms with Gasteiger partial charge in [0.15, 0.2) is 0 Å². The van der Waals surface area contributed by atoms with E-state index in [0.29, 0.717) is 25.0 Å². The van der Waals surface area contributed by atoms with E-state index in [0.717, 1.165) is 69.8 Å². The van der Waals surface area contributed by atoms with E-state index in [4.69, 9.17) is 9.47 Å². The summed E-state index contributed by atoms with van der Waals surface area (Å²) in [4.78, 5) is 27.6. The average Bonchev–Trinajstić information content (AvgIpc) is 3.39. The van der Waals surface area contributed by atoms with Gasteiger partial charge < -0.3 is 24.9 Å². The summed E-state index contributed by atoms with van der Waals surface area (Å²) in [6, 6.07) is 27.8. The van der Waals surface area contributed by atoms with Crippen LogP contribution in [-0.4, -0.2) is 34.8 Å². The van der Waals surface area contributed by atoms with E-state index in [1.807, 2.05) is 84.9 Å². The molecule has 0 bridgehead atoms. The fourth-order valence-electron chi connectivity index (χ4n) is 6.07. The lowest BCUT2D eigenvalue weighted by Crippen LogP contribution is -2.36. The summed E-state index contributed by atoms with van der Waals surface area (Å²) in [6.07, 6.45) is 9.45. The molecule has 1 heterocycles. The van der Waals surface area contributed by atoms with Crippen LogP contribution in [0.5, 0.6) is 11.6 Å². The normalized spacial score (nSPS) is 13.8. The predicted molar refractivity (Wildman–Crippen MR) is 174 cm³/mol. The summed E-state index contributed by atoms with van der Waals surface area (Å²) in [6.45, 7) is 0.470. The molecule has 0 unspecified atom stereocenters. The number of nitrogens with one attached hydrogen (secondary N) is 2. The van der Waals surface area contributed by atoms with Gasteiger partial charge in [-0.2, -0.15) is 0 Å². The van der Waals surface area contributed by atoms with Gasteiger partial charge in [0.1, 0.15) is 5.75 Å². The number of benzene rings is 4. The van der Waals surface area contributed by atoms with Crippen molar-refractivity contribution < 1.29 is 24.2 Å². The zero-order valence-corrected chi connectivity index (χ0v) is 24.6. The van der Waals surface area contributed by atoms with Crippen molar-refractivity contribution in [3.05, 3.63) is 107 Å². The van der Waals surface area contributed by atoms with E-state index in [1.54, 1.807) is 0 Å². The van der Waals surface area contributed by atoms with Crippen LogP contribution in [0.25, 0.3) is 33.8 Å². The molecule has 7 heteroatoms. The van der Waals surface area contributed by atoms with Gasteiger partial charge in [0.05, 0.1) is 12.1 Å². The van der Waals surface area contributed by atoms with Gasteiger partial charge in [0.25, 0.3) is 5.91 Å². The highest BCUT2D eigenvalue weighted by Gasteiger charge is 2.18. The summed E-state index contributed by atoms with van der Waals surface area (Å²) in [5.41, 5.74) is 4.00. The minimum absolute atomic E-state index is 0.0387. The lowest BCUT2D eigenvalue weighted by molar-refractivity contribution is 0.0927. The highest BCUT2D eigenvalue weighted by Crippen LogP contribution is 2.33. The molecule has 1 aliphatic rings. The Morgan fingerprint density at radius 2 is 1.66 bits per heavy atom. The van der Waals surface area contributed by atoms with Crippen LogP contribution in [0, 0.1) is 0 Å². The topological polar surface area (TPSA) is 101 Å². The largest absolute Gasteiger partial charge is 0.512 e. The quantitative estimate of drug-likeness (QED) is 0.0861. The van der Waals surface area contributed by atoms with Crippen LogP contribution in [0.3, 0.4) is 0 Å². The maximum Gasteiger partial charge on any atom is 0.512 e. The molecule has 44 heavy (non-hydrogen) atoms. The third-order valence-electron chi connectivity index (χ3n) is 8.25. The van der Waals surface area contributed by atoms with E-state index in [-0.39, 0.29) is 17.8 Å². The lowest BCUT2D eigenvalue weighted by atomic mass is 9.95. The summed E-state index contributed by atoms with van der Waals surface area (Å²) >= 11 is 0. The van der Waals surface area contributed by atoms with Gasteiger partial charge in [-0.3, -0.25) is 4.79 Å². The first-order valence-electron chi connectivity index (χ1n) is 15.3. The SMILES string of the molecule is O=C(O)Oc1[nH]c2c(/C=C/c3cccc(C(=O)NC4CCCCC4)c3)cccc2c1CCCOc1cccc2ccccc12. The molecule has 3 N–H and O–H groups in total. The molecule has 0 atom stereocenters. The Labute approximate surface area is 256 Å². The Kier molecular flexibility index (Phi) is 8.92. The molecule has 0 radical (unpaired) electrons.